The maximum absolute atomic E-state index is 3.49. The Labute approximate surface area is 103 Å². The number of hydrogen-bond donors (Lipinski definition) is 1. The second-order valence-electron chi connectivity index (χ2n) is 4.88. The fourth-order valence-electron chi connectivity index (χ4n) is 2.59. The lowest BCUT2D eigenvalue weighted by molar-refractivity contribution is 0.462. The highest BCUT2D eigenvalue weighted by molar-refractivity contribution is 8.00. The number of thioether (sulfide) groups is 1. The summed E-state index contributed by atoms with van der Waals surface area (Å²) in [6.07, 6.45) is 0. The Balaban J connectivity index is 2.42. The Morgan fingerprint density at radius 1 is 1.19 bits per heavy atom. The molecular formula is C14H21NS. The fourth-order valence-corrected chi connectivity index (χ4v) is 4.18. The summed E-state index contributed by atoms with van der Waals surface area (Å²) < 4.78 is 0. The van der Waals surface area contributed by atoms with E-state index in [0.717, 1.165) is 0 Å². The van der Waals surface area contributed by atoms with Gasteiger partial charge in [-0.25, -0.2) is 0 Å². The summed E-state index contributed by atoms with van der Waals surface area (Å²) in [4.78, 5) is 0. The normalized spacial score (nSPS) is 29.2. The van der Waals surface area contributed by atoms with Gasteiger partial charge in [0.05, 0.1) is 0 Å². The summed E-state index contributed by atoms with van der Waals surface area (Å²) >= 11 is 2.11. The van der Waals surface area contributed by atoms with E-state index in [4.69, 9.17) is 0 Å². The second kappa shape index (κ2) is 4.80. The zero-order valence-corrected chi connectivity index (χ0v) is 11.3. The van der Waals surface area contributed by atoms with Gasteiger partial charge in [0.2, 0.25) is 0 Å². The SMILES string of the molecule is CNC1c2ccccc2C(C)SC1C(C)C. The largest absolute Gasteiger partial charge is 0.312 e. The lowest BCUT2D eigenvalue weighted by Crippen LogP contribution is -2.35. The van der Waals surface area contributed by atoms with Gasteiger partial charge in [0.25, 0.3) is 0 Å². The zero-order chi connectivity index (χ0) is 11.7. The first-order valence-electron chi connectivity index (χ1n) is 6.06. The molecule has 0 spiro atoms. The molecule has 3 atom stereocenters. The third-order valence-corrected chi connectivity index (χ3v) is 5.22. The molecule has 3 unspecified atom stereocenters. The van der Waals surface area contributed by atoms with Crippen molar-refractivity contribution in [2.75, 3.05) is 7.05 Å². The number of nitrogens with one attached hydrogen (secondary N) is 1. The van der Waals surface area contributed by atoms with Gasteiger partial charge in [0.15, 0.2) is 0 Å². The van der Waals surface area contributed by atoms with Crippen LogP contribution in [-0.4, -0.2) is 12.3 Å². The molecule has 0 saturated heterocycles. The van der Waals surface area contributed by atoms with Gasteiger partial charge in [0.1, 0.15) is 0 Å². The molecule has 0 amide bonds. The van der Waals surface area contributed by atoms with Crippen molar-refractivity contribution < 1.29 is 0 Å². The molecule has 16 heavy (non-hydrogen) atoms. The van der Waals surface area contributed by atoms with E-state index in [1.165, 1.54) is 11.1 Å². The van der Waals surface area contributed by atoms with Crippen molar-refractivity contribution in [3.63, 3.8) is 0 Å². The number of rotatable bonds is 2. The second-order valence-corrected chi connectivity index (χ2v) is 6.41. The molecule has 0 fully saturated rings. The molecule has 0 bridgehead atoms. The average Bonchev–Trinajstić information content (AvgIpc) is 2.29. The molecule has 1 heterocycles. The summed E-state index contributed by atoms with van der Waals surface area (Å²) in [5.74, 6) is 0.707. The lowest BCUT2D eigenvalue weighted by atomic mass is 9.91. The van der Waals surface area contributed by atoms with Crippen LogP contribution in [-0.2, 0) is 0 Å². The zero-order valence-electron chi connectivity index (χ0n) is 10.5. The summed E-state index contributed by atoms with van der Waals surface area (Å²) in [6.45, 7) is 6.97. The van der Waals surface area contributed by atoms with Crippen LogP contribution in [0.2, 0.25) is 0 Å². The molecular weight excluding hydrogens is 214 g/mol. The van der Waals surface area contributed by atoms with E-state index in [-0.39, 0.29) is 0 Å². The third-order valence-electron chi connectivity index (χ3n) is 3.43. The van der Waals surface area contributed by atoms with Gasteiger partial charge < -0.3 is 5.32 Å². The quantitative estimate of drug-likeness (QED) is 0.837. The highest BCUT2D eigenvalue weighted by atomic mass is 32.2. The Morgan fingerprint density at radius 3 is 2.38 bits per heavy atom. The summed E-state index contributed by atoms with van der Waals surface area (Å²) in [7, 11) is 2.08. The van der Waals surface area contributed by atoms with Gasteiger partial charge >= 0.3 is 0 Å². The monoisotopic (exact) mass is 235 g/mol. The Kier molecular flexibility index (Phi) is 3.60. The van der Waals surface area contributed by atoms with Gasteiger partial charge in [-0.05, 0) is 31.0 Å². The third kappa shape index (κ3) is 2.01. The van der Waals surface area contributed by atoms with E-state index >= 15 is 0 Å². The van der Waals surface area contributed by atoms with Crippen LogP contribution in [0.5, 0.6) is 0 Å². The molecule has 0 saturated carbocycles. The van der Waals surface area contributed by atoms with Gasteiger partial charge in [0, 0.05) is 16.5 Å². The first-order valence-corrected chi connectivity index (χ1v) is 7.01. The Hall–Kier alpha value is -0.470. The summed E-state index contributed by atoms with van der Waals surface area (Å²) in [6, 6.07) is 9.36. The van der Waals surface area contributed by atoms with E-state index in [2.05, 4.69) is 69.2 Å². The first kappa shape index (κ1) is 12.0. The molecule has 1 N–H and O–H groups in total. The maximum Gasteiger partial charge on any atom is 0.0444 e. The minimum atomic E-state index is 0.498. The van der Waals surface area contributed by atoms with Crippen molar-refractivity contribution in [1.82, 2.24) is 5.32 Å². The standard InChI is InChI=1S/C14H21NS/c1-9(2)14-13(15-4)12-8-6-5-7-11(12)10(3)16-14/h5-10,13-15H,1-4H3. The van der Waals surface area contributed by atoms with E-state index in [1.54, 1.807) is 0 Å². The van der Waals surface area contributed by atoms with Crippen LogP contribution in [0.3, 0.4) is 0 Å². The smallest absolute Gasteiger partial charge is 0.0444 e. The van der Waals surface area contributed by atoms with E-state index in [9.17, 15) is 0 Å². The highest BCUT2D eigenvalue weighted by Crippen LogP contribution is 2.47. The van der Waals surface area contributed by atoms with Gasteiger partial charge in [-0.1, -0.05) is 38.1 Å². The molecule has 88 valence electrons. The Bertz CT molecular complexity index is 362. The number of benzene rings is 1. The van der Waals surface area contributed by atoms with Crippen molar-refractivity contribution in [2.24, 2.45) is 5.92 Å². The van der Waals surface area contributed by atoms with Crippen LogP contribution in [0.15, 0.2) is 24.3 Å². The average molecular weight is 235 g/mol. The fraction of sp³-hybridized carbons (Fsp3) is 0.571. The van der Waals surface area contributed by atoms with Gasteiger partial charge in [-0.2, -0.15) is 0 Å². The molecule has 0 aliphatic carbocycles. The molecule has 1 aromatic carbocycles. The first-order chi connectivity index (χ1) is 7.65. The van der Waals surface area contributed by atoms with E-state index in [1.807, 2.05) is 0 Å². The lowest BCUT2D eigenvalue weighted by Gasteiger charge is -2.38. The molecule has 1 aromatic rings. The molecule has 2 heteroatoms. The molecule has 2 rings (SSSR count). The predicted octanol–water partition coefficient (Wildman–Crippen LogP) is 3.78. The van der Waals surface area contributed by atoms with E-state index in [0.29, 0.717) is 22.5 Å². The predicted molar refractivity (Wildman–Crippen MR) is 72.9 cm³/mol. The van der Waals surface area contributed by atoms with Crippen molar-refractivity contribution in [2.45, 2.75) is 37.3 Å². The van der Waals surface area contributed by atoms with Crippen LogP contribution in [0.25, 0.3) is 0 Å². The number of fused-ring (bicyclic) bond motifs is 1. The van der Waals surface area contributed by atoms with Gasteiger partial charge in [-0.3, -0.25) is 0 Å². The Morgan fingerprint density at radius 2 is 1.81 bits per heavy atom. The van der Waals surface area contributed by atoms with Crippen LogP contribution >= 0.6 is 11.8 Å². The minimum Gasteiger partial charge on any atom is -0.312 e. The van der Waals surface area contributed by atoms with Crippen LogP contribution in [0.1, 0.15) is 43.2 Å². The highest BCUT2D eigenvalue weighted by Gasteiger charge is 2.34. The van der Waals surface area contributed by atoms with E-state index < -0.39 is 0 Å². The molecule has 0 aromatic heterocycles. The molecule has 1 aliphatic rings. The summed E-state index contributed by atoms with van der Waals surface area (Å²) in [5, 5.41) is 4.79. The molecule has 1 aliphatic heterocycles. The van der Waals surface area contributed by atoms with Gasteiger partial charge in [-0.15, -0.1) is 11.8 Å². The molecule has 0 radical (unpaired) electrons. The van der Waals surface area contributed by atoms with Crippen LogP contribution in [0.4, 0.5) is 0 Å². The van der Waals surface area contributed by atoms with Crippen molar-refractivity contribution in [3.8, 4) is 0 Å². The number of hydrogen-bond acceptors (Lipinski definition) is 2. The van der Waals surface area contributed by atoms with Crippen LogP contribution < -0.4 is 5.32 Å². The van der Waals surface area contributed by atoms with Crippen molar-refractivity contribution in [1.29, 1.82) is 0 Å². The van der Waals surface area contributed by atoms with Crippen molar-refractivity contribution in [3.05, 3.63) is 35.4 Å². The maximum atomic E-state index is 3.49. The topological polar surface area (TPSA) is 12.0 Å². The minimum absolute atomic E-state index is 0.498. The van der Waals surface area contributed by atoms with Crippen molar-refractivity contribution >= 4 is 11.8 Å². The summed E-state index contributed by atoms with van der Waals surface area (Å²) in [5.41, 5.74) is 3.00. The molecule has 1 nitrogen and oxygen atoms in total. The van der Waals surface area contributed by atoms with Crippen LogP contribution in [0, 0.1) is 5.92 Å².